The topological polar surface area (TPSA) is 4.93 Å². The van der Waals surface area contributed by atoms with E-state index in [1.165, 1.54) is 47.7 Å². The van der Waals surface area contributed by atoms with Gasteiger partial charge in [-0.3, -0.25) is 0 Å². The maximum absolute atomic E-state index is 2.39. The molecule has 21 heavy (non-hydrogen) atoms. The molecule has 1 heterocycles. The number of para-hydroxylation sites is 1. The van der Waals surface area contributed by atoms with Gasteiger partial charge in [-0.05, 0) is 30.0 Å². The number of aryl methyl sites for hydroxylation is 1. The van der Waals surface area contributed by atoms with Crippen molar-refractivity contribution in [2.24, 2.45) is 0 Å². The lowest BCUT2D eigenvalue weighted by Crippen LogP contribution is -1.97. The number of unbranched alkanes of at least 4 members (excludes halogenated alkanes) is 2. The number of hydrogen-bond donors (Lipinski definition) is 0. The molecule has 3 rings (SSSR count). The first-order chi connectivity index (χ1) is 10.4. The van der Waals surface area contributed by atoms with Crippen LogP contribution in [0.25, 0.3) is 10.9 Å². The van der Waals surface area contributed by atoms with Crippen molar-refractivity contribution < 1.29 is 0 Å². The second-order valence-electron chi connectivity index (χ2n) is 5.74. The molecule has 3 aromatic rings. The van der Waals surface area contributed by atoms with Gasteiger partial charge < -0.3 is 4.57 Å². The average Bonchev–Trinajstić information content (AvgIpc) is 2.87. The van der Waals surface area contributed by atoms with Gasteiger partial charge in [-0.15, -0.1) is 0 Å². The van der Waals surface area contributed by atoms with Crippen LogP contribution < -0.4 is 0 Å². The zero-order valence-electron chi connectivity index (χ0n) is 12.8. The van der Waals surface area contributed by atoms with Crippen LogP contribution in [-0.2, 0) is 13.0 Å². The lowest BCUT2D eigenvalue weighted by atomic mass is 10.1. The fraction of sp³-hybridized carbons (Fsp3) is 0.300. The Labute approximate surface area is 127 Å². The molecule has 0 saturated carbocycles. The van der Waals surface area contributed by atoms with E-state index < -0.39 is 0 Å². The van der Waals surface area contributed by atoms with Crippen molar-refractivity contribution in [3.8, 4) is 0 Å². The highest BCUT2D eigenvalue weighted by molar-refractivity contribution is 5.84. The fourth-order valence-electron chi connectivity index (χ4n) is 3.00. The number of rotatable bonds is 6. The first kappa shape index (κ1) is 13.9. The zero-order chi connectivity index (χ0) is 14.5. The van der Waals surface area contributed by atoms with Gasteiger partial charge in [0.2, 0.25) is 0 Å². The van der Waals surface area contributed by atoms with Gasteiger partial charge in [-0.1, -0.05) is 68.3 Å². The van der Waals surface area contributed by atoms with Crippen LogP contribution in [0.1, 0.15) is 37.3 Å². The van der Waals surface area contributed by atoms with Crippen LogP contribution in [0.3, 0.4) is 0 Å². The maximum Gasteiger partial charge on any atom is 0.0486 e. The summed E-state index contributed by atoms with van der Waals surface area (Å²) in [5.74, 6) is 0. The molecule has 0 saturated heterocycles. The smallest absolute Gasteiger partial charge is 0.0486 e. The summed E-state index contributed by atoms with van der Waals surface area (Å²) >= 11 is 0. The molecule has 0 aliphatic rings. The Morgan fingerprint density at radius 3 is 2.43 bits per heavy atom. The van der Waals surface area contributed by atoms with Gasteiger partial charge in [0.25, 0.3) is 0 Å². The largest absolute Gasteiger partial charge is 0.343 e. The lowest BCUT2D eigenvalue weighted by molar-refractivity contribution is 0.716. The molecule has 0 aliphatic carbocycles. The fourth-order valence-corrected chi connectivity index (χ4v) is 3.00. The normalized spacial score (nSPS) is 11.1. The minimum atomic E-state index is 0.954. The zero-order valence-corrected chi connectivity index (χ0v) is 12.8. The van der Waals surface area contributed by atoms with Gasteiger partial charge in [0, 0.05) is 23.6 Å². The van der Waals surface area contributed by atoms with Crippen molar-refractivity contribution in [2.75, 3.05) is 0 Å². The van der Waals surface area contributed by atoms with Crippen molar-refractivity contribution in [3.05, 3.63) is 71.9 Å². The van der Waals surface area contributed by atoms with E-state index in [1.807, 2.05) is 0 Å². The lowest BCUT2D eigenvalue weighted by Gasteiger charge is -2.05. The van der Waals surface area contributed by atoms with Crippen molar-refractivity contribution in [2.45, 2.75) is 39.2 Å². The van der Waals surface area contributed by atoms with Crippen LogP contribution in [0.5, 0.6) is 0 Å². The third kappa shape index (κ3) is 3.18. The number of hydrogen-bond acceptors (Lipinski definition) is 0. The molecule has 0 aliphatic heterocycles. The highest BCUT2D eigenvalue weighted by atomic mass is 15.0. The van der Waals surface area contributed by atoms with Crippen molar-refractivity contribution in [1.29, 1.82) is 0 Å². The summed E-state index contributed by atoms with van der Waals surface area (Å²) in [7, 11) is 0. The molecule has 0 unspecified atom stereocenters. The summed E-state index contributed by atoms with van der Waals surface area (Å²) in [4.78, 5) is 0. The van der Waals surface area contributed by atoms with E-state index in [2.05, 4.69) is 72.3 Å². The molecular weight excluding hydrogens is 254 g/mol. The minimum absolute atomic E-state index is 0.954. The van der Waals surface area contributed by atoms with Crippen molar-refractivity contribution in [1.82, 2.24) is 4.57 Å². The Morgan fingerprint density at radius 2 is 1.62 bits per heavy atom. The Balaban J connectivity index is 1.91. The van der Waals surface area contributed by atoms with Gasteiger partial charge in [0.1, 0.15) is 0 Å². The SMILES string of the molecule is CCCCCc1cn(Cc2ccccc2)c2ccccc12. The van der Waals surface area contributed by atoms with Gasteiger partial charge in [0.15, 0.2) is 0 Å². The number of benzene rings is 2. The maximum atomic E-state index is 2.39. The number of aromatic nitrogens is 1. The Hall–Kier alpha value is -2.02. The average molecular weight is 277 g/mol. The molecule has 2 aromatic carbocycles. The molecule has 108 valence electrons. The number of fused-ring (bicyclic) bond motifs is 1. The van der Waals surface area contributed by atoms with E-state index in [1.54, 1.807) is 0 Å². The summed E-state index contributed by atoms with van der Waals surface area (Å²) in [6.07, 6.45) is 7.43. The number of nitrogens with zero attached hydrogens (tertiary/aromatic N) is 1. The van der Waals surface area contributed by atoms with Gasteiger partial charge in [-0.25, -0.2) is 0 Å². The molecule has 0 atom stereocenters. The molecule has 0 spiro atoms. The minimum Gasteiger partial charge on any atom is -0.343 e. The van der Waals surface area contributed by atoms with Crippen molar-refractivity contribution >= 4 is 10.9 Å². The Morgan fingerprint density at radius 1 is 0.857 bits per heavy atom. The van der Waals surface area contributed by atoms with E-state index in [4.69, 9.17) is 0 Å². The molecule has 0 N–H and O–H groups in total. The molecular formula is C20H23N. The van der Waals surface area contributed by atoms with Crippen LogP contribution in [0.2, 0.25) is 0 Å². The quantitative estimate of drug-likeness (QED) is 0.530. The van der Waals surface area contributed by atoms with Crippen LogP contribution >= 0.6 is 0 Å². The summed E-state index contributed by atoms with van der Waals surface area (Å²) in [5.41, 5.74) is 4.21. The van der Waals surface area contributed by atoms with Gasteiger partial charge in [0.05, 0.1) is 0 Å². The Kier molecular flexibility index (Phi) is 4.40. The van der Waals surface area contributed by atoms with Crippen LogP contribution in [0, 0.1) is 0 Å². The molecule has 1 heteroatoms. The second-order valence-corrected chi connectivity index (χ2v) is 5.74. The highest BCUT2D eigenvalue weighted by Gasteiger charge is 2.08. The van der Waals surface area contributed by atoms with E-state index in [0.29, 0.717) is 0 Å². The predicted molar refractivity (Wildman–Crippen MR) is 90.7 cm³/mol. The van der Waals surface area contributed by atoms with Crippen LogP contribution in [-0.4, -0.2) is 4.57 Å². The van der Waals surface area contributed by atoms with E-state index in [0.717, 1.165) is 6.54 Å². The first-order valence-electron chi connectivity index (χ1n) is 7.99. The first-order valence-corrected chi connectivity index (χ1v) is 7.99. The monoisotopic (exact) mass is 277 g/mol. The third-order valence-corrected chi connectivity index (χ3v) is 4.12. The summed E-state index contributed by atoms with van der Waals surface area (Å²) in [5, 5.41) is 1.42. The summed E-state index contributed by atoms with van der Waals surface area (Å²) < 4.78 is 2.39. The molecule has 0 fully saturated rings. The summed E-state index contributed by atoms with van der Waals surface area (Å²) in [6, 6.07) is 19.5. The molecule has 0 amide bonds. The third-order valence-electron chi connectivity index (χ3n) is 4.12. The Bertz CT molecular complexity index is 694. The summed E-state index contributed by atoms with van der Waals surface area (Å²) in [6.45, 7) is 3.22. The van der Waals surface area contributed by atoms with E-state index in [9.17, 15) is 0 Å². The molecule has 1 aromatic heterocycles. The van der Waals surface area contributed by atoms with Crippen molar-refractivity contribution in [3.63, 3.8) is 0 Å². The van der Waals surface area contributed by atoms with Crippen LogP contribution in [0.15, 0.2) is 60.8 Å². The van der Waals surface area contributed by atoms with Gasteiger partial charge >= 0.3 is 0 Å². The standard InChI is InChI=1S/C20H23N/c1-2-3-5-12-18-16-21(15-17-10-6-4-7-11-17)20-14-9-8-13-19(18)20/h4,6-11,13-14,16H,2-3,5,12,15H2,1H3. The molecule has 0 bridgehead atoms. The predicted octanol–water partition coefficient (Wildman–Crippen LogP) is 5.42. The highest BCUT2D eigenvalue weighted by Crippen LogP contribution is 2.24. The second kappa shape index (κ2) is 6.62. The van der Waals surface area contributed by atoms with E-state index >= 15 is 0 Å². The molecule has 1 nitrogen and oxygen atoms in total. The van der Waals surface area contributed by atoms with Crippen LogP contribution in [0.4, 0.5) is 0 Å². The molecule has 0 radical (unpaired) electrons. The van der Waals surface area contributed by atoms with E-state index in [-0.39, 0.29) is 0 Å². The van der Waals surface area contributed by atoms with Gasteiger partial charge in [-0.2, -0.15) is 0 Å².